The summed E-state index contributed by atoms with van der Waals surface area (Å²) in [5.74, 6) is 0.168. The van der Waals surface area contributed by atoms with Gasteiger partial charge in [-0.3, -0.25) is 14.2 Å². The fourth-order valence-electron chi connectivity index (χ4n) is 5.49. The van der Waals surface area contributed by atoms with Crippen LogP contribution in [0.25, 0.3) is 21.0 Å². The number of ether oxygens (including phenoxy) is 2. The van der Waals surface area contributed by atoms with Gasteiger partial charge >= 0.3 is 5.69 Å². The van der Waals surface area contributed by atoms with Crippen LogP contribution in [-0.2, 0) is 22.5 Å². The van der Waals surface area contributed by atoms with Gasteiger partial charge in [0.2, 0.25) is 11.8 Å². The van der Waals surface area contributed by atoms with Gasteiger partial charge in [0.15, 0.2) is 0 Å². The van der Waals surface area contributed by atoms with Crippen LogP contribution < -0.4 is 16.0 Å². The Morgan fingerprint density at radius 3 is 2.60 bits per heavy atom. The van der Waals surface area contributed by atoms with E-state index in [-0.39, 0.29) is 25.0 Å². The van der Waals surface area contributed by atoms with E-state index >= 15 is 0 Å². The van der Waals surface area contributed by atoms with Gasteiger partial charge in [-0.25, -0.2) is 18.7 Å². The number of carbonyl (C=O) groups is 1. The Morgan fingerprint density at radius 1 is 1.19 bits per heavy atom. The van der Waals surface area contributed by atoms with Crippen molar-refractivity contribution in [2.75, 3.05) is 33.9 Å². The van der Waals surface area contributed by atoms with E-state index < -0.39 is 23.1 Å². The predicted molar refractivity (Wildman–Crippen MR) is 159 cm³/mol. The summed E-state index contributed by atoms with van der Waals surface area (Å²) in [6.45, 7) is 3.98. The summed E-state index contributed by atoms with van der Waals surface area (Å²) >= 11 is 1.23. The molecular weight excluding hydrogens is 579 g/mol. The molecule has 6 rings (SSSR count). The summed E-state index contributed by atoms with van der Waals surface area (Å²) in [4.78, 5) is 47.4. The number of aryl methyl sites for hydroxylation is 3. The Hall–Kier alpha value is -3.81. The number of oxazole rings is 1. The van der Waals surface area contributed by atoms with Crippen LogP contribution in [0.4, 0.5) is 4.39 Å². The third-order valence-corrected chi connectivity index (χ3v) is 9.15. The largest absolute Gasteiger partial charge is 0.496 e. The number of methoxy groups -OCH3 is 1. The van der Waals surface area contributed by atoms with Gasteiger partial charge in [-0.2, -0.15) is 0 Å². The zero-order valence-electron chi connectivity index (χ0n) is 24.4. The van der Waals surface area contributed by atoms with Crippen molar-refractivity contribution in [2.24, 2.45) is 0 Å². The lowest BCUT2D eigenvalue weighted by Crippen LogP contribution is -2.49. The van der Waals surface area contributed by atoms with Crippen LogP contribution in [0.3, 0.4) is 0 Å². The molecule has 2 aliphatic heterocycles. The zero-order valence-corrected chi connectivity index (χ0v) is 25.2. The van der Waals surface area contributed by atoms with E-state index in [9.17, 15) is 18.8 Å². The minimum absolute atomic E-state index is 0.0891. The van der Waals surface area contributed by atoms with Crippen molar-refractivity contribution in [2.45, 2.75) is 57.7 Å². The quantitative estimate of drug-likeness (QED) is 0.349. The van der Waals surface area contributed by atoms with Crippen molar-refractivity contribution < 1.29 is 28.2 Å². The van der Waals surface area contributed by atoms with Crippen molar-refractivity contribution in [3.8, 4) is 16.5 Å². The number of piperidine rings is 1. The number of carbonyl (C=O) groups excluding carboxylic acids is 1. The van der Waals surface area contributed by atoms with Crippen LogP contribution in [0, 0.1) is 12.7 Å². The van der Waals surface area contributed by atoms with Gasteiger partial charge in [0.25, 0.3) is 5.56 Å². The first-order valence-corrected chi connectivity index (χ1v) is 15.0. The van der Waals surface area contributed by atoms with Gasteiger partial charge in [0.05, 0.1) is 29.7 Å². The molecular formula is C30H35FN4O7S. The number of hydrogen-bond donors (Lipinski definition) is 1. The number of nitrogens with zero attached hydrogens (tertiary/aromatic N) is 4. The molecule has 3 aromatic heterocycles. The highest BCUT2D eigenvalue weighted by atomic mass is 32.1. The summed E-state index contributed by atoms with van der Waals surface area (Å²) in [6.07, 6.45) is 5.86. The standard InChI is InChI=1S/C25H25FN4O5S.C5H10O2/c1-14-19-23(32)30(17-5-4-10-28(2)22(17)31)25(33)29(24(19)36-20(14)21-27-9-12-35-21)11-8-15-13-16(26)6-7-18(15)34-3;6-5-1-3-7-4-2-5/h6-7,9,12-13,17H,4-5,8,10-11H2,1-3H3;5-6H,1-4H2. The van der Waals surface area contributed by atoms with E-state index in [4.69, 9.17) is 19.0 Å². The maximum atomic E-state index is 14.0. The van der Waals surface area contributed by atoms with Crippen LogP contribution in [0.5, 0.6) is 5.75 Å². The number of benzene rings is 1. The molecule has 1 amide bonds. The lowest BCUT2D eigenvalue weighted by molar-refractivity contribution is -0.136. The van der Waals surface area contributed by atoms with Gasteiger partial charge in [-0.05, 0) is 68.4 Å². The number of rotatable bonds is 6. The predicted octanol–water partition coefficient (Wildman–Crippen LogP) is 3.53. The number of likely N-dealkylation sites (N-methyl/N-ethyl adjacent to an activating group) is 1. The number of thiophene rings is 1. The van der Waals surface area contributed by atoms with Gasteiger partial charge in [-0.15, -0.1) is 11.3 Å². The lowest BCUT2D eigenvalue weighted by Gasteiger charge is -2.30. The van der Waals surface area contributed by atoms with Crippen LogP contribution in [0.2, 0.25) is 0 Å². The Morgan fingerprint density at radius 2 is 1.95 bits per heavy atom. The molecule has 2 fully saturated rings. The molecule has 13 heteroatoms. The molecule has 0 spiro atoms. The molecule has 0 radical (unpaired) electrons. The van der Waals surface area contributed by atoms with E-state index in [1.807, 2.05) is 0 Å². The molecule has 2 aliphatic rings. The molecule has 11 nitrogen and oxygen atoms in total. The highest BCUT2D eigenvalue weighted by Crippen LogP contribution is 2.36. The van der Waals surface area contributed by atoms with E-state index in [0.717, 1.165) is 30.6 Å². The van der Waals surface area contributed by atoms with E-state index in [0.29, 0.717) is 57.2 Å². The third-order valence-electron chi connectivity index (χ3n) is 7.85. The van der Waals surface area contributed by atoms with Crippen LogP contribution in [0.15, 0.2) is 44.7 Å². The molecule has 1 unspecified atom stereocenters. The van der Waals surface area contributed by atoms with Crippen molar-refractivity contribution >= 4 is 27.5 Å². The Labute approximate surface area is 251 Å². The molecule has 43 heavy (non-hydrogen) atoms. The monoisotopic (exact) mass is 614 g/mol. The van der Waals surface area contributed by atoms with E-state index in [2.05, 4.69) is 4.98 Å². The second kappa shape index (κ2) is 13.2. The molecule has 1 N–H and O–H groups in total. The van der Waals surface area contributed by atoms with E-state index in [1.54, 1.807) is 18.9 Å². The SMILES string of the molecule is COc1ccc(F)cc1CCn1c(=O)n(C2CCCN(C)C2=O)c(=O)c2c(C)c(-c3ncco3)sc21.OC1CCOCC1. The van der Waals surface area contributed by atoms with Crippen LogP contribution in [-0.4, -0.2) is 70.1 Å². The van der Waals surface area contributed by atoms with Gasteiger partial charge < -0.3 is 23.9 Å². The van der Waals surface area contributed by atoms with Gasteiger partial charge in [-0.1, -0.05) is 0 Å². The van der Waals surface area contributed by atoms with Gasteiger partial charge in [0, 0.05) is 33.4 Å². The molecule has 230 valence electrons. The van der Waals surface area contributed by atoms with Crippen molar-refractivity contribution in [1.82, 2.24) is 19.0 Å². The number of fused-ring (bicyclic) bond motifs is 1. The first-order valence-electron chi connectivity index (χ1n) is 14.2. The van der Waals surface area contributed by atoms with Crippen LogP contribution >= 0.6 is 11.3 Å². The summed E-state index contributed by atoms with van der Waals surface area (Å²) in [7, 11) is 3.17. The second-order valence-electron chi connectivity index (χ2n) is 10.7. The highest BCUT2D eigenvalue weighted by Gasteiger charge is 2.33. The topological polar surface area (TPSA) is 129 Å². The molecule has 0 bridgehead atoms. The first kappa shape index (κ1) is 30.6. The van der Waals surface area contributed by atoms with Crippen molar-refractivity contribution in [3.63, 3.8) is 0 Å². The number of aliphatic hydroxyl groups excluding tert-OH is 1. The average Bonchev–Trinajstić information content (AvgIpc) is 3.64. The fourth-order valence-corrected chi connectivity index (χ4v) is 6.74. The zero-order chi connectivity index (χ0) is 30.7. The number of aliphatic hydroxyl groups is 1. The lowest BCUT2D eigenvalue weighted by atomic mass is 10.0. The van der Waals surface area contributed by atoms with Crippen LogP contribution in [0.1, 0.15) is 42.9 Å². The normalized spacial score (nSPS) is 17.7. The Balaban J connectivity index is 0.000000463. The molecule has 1 aromatic carbocycles. The number of hydrogen-bond acceptors (Lipinski definition) is 9. The fraction of sp³-hybridized carbons (Fsp3) is 0.467. The van der Waals surface area contributed by atoms with E-state index in [1.165, 1.54) is 53.7 Å². The smallest absolute Gasteiger partial charge is 0.332 e. The molecule has 0 aliphatic carbocycles. The Bertz CT molecular complexity index is 1710. The van der Waals surface area contributed by atoms with Crippen molar-refractivity contribution in [3.05, 3.63) is 68.4 Å². The average molecular weight is 615 g/mol. The second-order valence-corrected chi connectivity index (χ2v) is 11.6. The highest BCUT2D eigenvalue weighted by molar-refractivity contribution is 7.22. The summed E-state index contributed by atoms with van der Waals surface area (Å²) in [6, 6.07) is 3.33. The first-order chi connectivity index (χ1) is 20.7. The Kier molecular flexibility index (Phi) is 9.43. The molecule has 0 saturated carbocycles. The number of amides is 1. The summed E-state index contributed by atoms with van der Waals surface area (Å²) in [5.41, 5.74) is 0.140. The van der Waals surface area contributed by atoms with Crippen molar-refractivity contribution in [1.29, 1.82) is 0 Å². The minimum Gasteiger partial charge on any atom is -0.496 e. The molecule has 1 atom stereocenters. The van der Waals surface area contributed by atoms with Gasteiger partial charge in [0.1, 0.15) is 28.7 Å². The minimum atomic E-state index is -0.882. The molecule has 2 saturated heterocycles. The maximum Gasteiger partial charge on any atom is 0.332 e. The maximum absolute atomic E-state index is 14.0. The number of halogens is 1. The molecule has 5 heterocycles. The number of aromatic nitrogens is 3. The summed E-state index contributed by atoms with van der Waals surface area (Å²) < 4.78 is 32.4. The number of likely N-dealkylation sites (tertiary alicyclic amines) is 1. The third kappa shape index (κ3) is 6.29. The summed E-state index contributed by atoms with van der Waals surface area (Å²) in [5, 5.41) is 9.18. The molecule has 4 aromatic rings.